The van der Waals surface area contributed by atoms with Gasteiger partial charge in [-0.1, -0.05) is 72.8 Å². The van der Waals surface area contributed by atoms with Crippen molar-refractivity contribution < 1.29 is 5.11 Å². The largest absolute Gasteiger partial charge is 0.389 e. The van der Waals surface area contributed by atoms with Crippen LogP contribution in [0.4, 0.5) is 0 Å². The first-order valence-corrected chi connectivity index (χ1v) is 6.23. The summed E-state index contributed by atoms with van der Waals surface area (Å²) in [5.74, 6) is 0.196. The third-order valence-corrected chi connectivity index (χ3v) is 2.90. The van der Waals surface area contributed by atoms with Crippen LogP contribution in [0.25, 0.3) is 0 Å². The van der Waals surface area contributed by atoms with Crippen molar-refractivity contribution in [3.05, 3.63) is 83.9 Å². The second-order valence-corrected chi connectivity index (χ2v) is 4.42. The molecular weight excluding hydrogens is 220 g/mol. The minimum absolute atomic E-state index is 0.196. The van der Waals surface area contributed by atoms with Crippen molar-refractivity contribution in [2.45, 2.75) is 18.9 Å². The Labute approximate surface area is 108 Å². The number of allylic oxidation sites excluding steroid dienone is 1. The van der Waals surface area contributed by atoms with Crippen LogP contribution in [0, 0.1) is 0 Å². The number of hydrogen-bond donors (Lipinski definition) is 1. The number of hydrogen-bond acceptors (Lipinski definition) is 1. The fraction of sp³-hybridized carbons (Fsp3) is 0.176. The summed E-state index contributed by atoms with van der Waals surface area (Å²) in [4.78, 5) is 0. The summed E-state index contributed by atoms with van der Waals surface area (Å²) in [7, 11) is 0. The summed E-state index contributed by atoms with van der Waals surface area (Å²) in [6, 6.07) is 20.7. The van der Waals surface area contributed by atoms with Gasteiger partial charge in [0.25, 0.3) is 0 Å². The Kier molecular flexibility index (Phi) is 4.32. The van der Waals surface area contributed by atoms with Gasteiger partial charge in [0.15, 0.2) is 0 Å². The molecule has 2 aromatic rings. The van der Waals surface area contributed by atoms with Gasteiger partial charge >= 0.3 is 0 Å². The molecule has 0 aromatic heterocycles. The summed E-state index contributed by atoms with van der Waals surface area (Å²) < 4.78 is 0. The second-order valence-electron chi connectivity index (χ2n) is 4.42. The zero-order valence-electron chi connectivity index (χ0n) is 10.5. The van der Waals surface area contributed by atoms with E-state index in [1.54, 1.807) is 6.92 Å². The lowest BCUT2D eigenvalue weighted by atomic mass is 9.91. The molecule has 0 aliphatic heterocycles. The predicted molar refractivity (Wildman–Crippen MR) is 75.5 cm³/mol. The van der Waals surface area contributed by atoms with Crippen LogP contribution in [0.5, 0.6) is 0 Å². The molecule has 18 heavy (non-hydrogen) atoms. The highest BCUT2D eigenvalue weighted by atomic mass is 16.3. The fourth-order valence-electron chi connectivity index (χ4n) is 2.01. The maximum absolute atomic E-state index is 9.41. The normalized spacial score (nSPS) is 13.1. The molecule has 1 nitrogen and oxygen atoms in total. The predicted octanol–water partition coefficient (Wildman–Crippen LogP) is 3.76. The molecule has 1 atom stereocenters. The van der Waals surface area contributed by atoms with E-state index in [2.05, 4.69) is 30.3 Å². The van der Waals surface area contributed by atoms with Crippen molar-refractivity contribution in [2.24, 2.45) is 0 Å². The maximum atomic E-state index is 9.41. The number of rotatable bonds is 4. The van der Waals surface area contributed by atoms with E-state index in [0.717, 1.165) is 0 Å². The lowest BCUT2D eigenvalue weighted by molar-refractivity contribution is 0.243. The van der Waals surface area contributed by atoms with Gasteiger partial charge in [0.2, 0.25) is 0 Å². The molecular formula is C17H18O. The van der Waals surface area contributed by atoms with Gasteiger partial charge in [0, 0.05) is 5.92 Å². The van der Waals surface area contributed by atoms with E-state index in [0.29, 0.717) is 0 Å². The average molecular weight is 238 g/mol. The highest BCUT2D eigenvalue weighted by Gasteiger charge is 2.09. The third kappa shape index (κ3) is 3.31. The monoisotopic (exact) mass is 238 g/mol. The smallest absolute Gasteiger partial charge is 0.0693 e. The Hall–Kier alpha value is -1.86. The van der Waals surface area contributed by atoms with Crippen LogP contribution in [0.2, 0.25) is 0 Å². The first-order valence-electron chi connectivity index (χ1n) is 6.23. The van der Waals surface area contributed by atoms with Crippen LogP contribution >= 0.6 is 0 Å². The van der Waals surface area contributed by atoms with Gasteiger partial charge in [-0.05, 0) is 18.1 Å². The summed E-state index contributed by atoms with van der Waals surface area (Å²) >= 11 is 0. The summed E-state index contributed by atoms with van der Waals surface area (Å²) in [5, 5.41) is 9.41. The molecule has 1 unspecified atom stereocenters. The highest BCUT2D eigenvalue weighted by molar-refractivity contribution is 5.36. The van der Waals surface area contributed by atoms with Crippen LogP contribution in [0.3, 0.4) is 0 Å². The van der Waals surface area contributed by atoms with Crippen molar-refractivity contribution in [1.82, 2.24) is 0 Å². The van der Waals surface area contributed by atoms with E-state index in [9.17, 15) is 5.11 Å². The quantitative estimate of drug-likeness (QED) is 0.804. The van der Waals surface area contributed by atoms with Crippen molar-refractivity contribution >= 4 is 0 Å². The van der Waals surface area contributed by atoms with Crippen molar-refractivity contribution in [3.8, 4) is 0 Å². The van der Waals surface area contributed by atoms with Crippen LogP contribution < -0.4 is 0 Å². The van der Waals surface area contributed by atoms with E-state index >= 15 is 0 Å². The van der Waals surface area contributed by atoms with Gasteiger partial charge in [-0.15, -0.1) is 0 Å². The third-order valence-electron chi connectivity index (χ3n) is 2.90. The molecule has 0 bridgehead atoms. The van der Waals surface area contributed by atoms with E-state index in [4.69, 9.17) is 0 Å². The molecule has 0 amide bonds. The van der Waals surface area contributed by atoms with E-state index in [1.807, 2.05) is 42.5 Å². The molecule has 2 rings (SSSR count). The minimum atomic E-state index is -0.417. The molecule has 0 saturated carbocycles. The van der Waals surface area contributed by atoms with E-state index in [1.165, 1.54) is 11.1 Å². The van der Waals surface area contributed by atoms with Crippen molar-refractivity contribution in [1.29, 1.82) is 0 Å². The summed E-state index contributed by atoms with van der Waals surface area (Å²) in [5.41, 5.74) is 2.47. The highest BCUT2D eigenvalue weighted by Crippen LogP contribution is 2.25. The van der Waals surface area contributed by atoms with Gasteiger partial charge < -0.3 is 5.11 Å². The van der Waals surface area contributed by atoms with Crippen LogP contribution in [-0.2, 0) is 0 Å². The Balaban J connectivity index is 2.35. The van der Waals surface area contributed by atoms with E-state index in [-0.39, 0.29) is 5.92 Å². The molecule has 0 spiro atoms. The molecule has 0 fully saturated rings. The SMILES string of the molecule is CC(O)/C=C/C(c1ccccc1)c1ccccc1. The molecule has 0 aliphatic rings. The second kappa shape index (κ2) is 6.18. The zero-order valence-corrected chi connectivity index (χ0v) is 10.5. The Morgan fingerprint density at radius 1 is 0.778 bits per heavy atom. The Morgan fingerprint density at radius 3 is 1.61 bits per heavy atom. The summed E-state index contributed by atoms with van der Waals surface area (Å²) in [6.45, 7) is 1.77. The standard InChI is InChI=1S/C17H18O/c1-14(18)12-13-17(15-8-4-2-5-9-15)16-10-6-3-7-11-16/h2-14,17-18H,1H3/b13-12+. The molecule has 1 N–H and O–H groups in total. The van der Waals surface area contributed by atoms with Crippen LogP contribution in [-0.4, -0.2) is 11.2 Å². The molecule has 1 heteroatoms. The Bertz CT molecular complexity index is 446. The molecule has 0 saturated heterocycles. The van der Waals surface area contributed by atoms with Gasteiger partial charge in [0.05, 0.1) is 6.10 Å². The summed E-state index contributed by atoms with van der Waals surface area (Å²) in [6.07, 6.45) is 3.49. The fourth-order valence-corrected chi connectivity index (χ4v) is 2.01. The van der Waals surface area contributed by atoms with Gasteiger partial charge in [-0.25, -0.2) is 0 Å². The number of aliphatic hydroxyl groups is 1. The lowest BCUT2D eigenvalue weighted by Crippen LogP contribution is -2.00. The molecule has 0 heterocycles. The maximum Gasteiger partial charge on any atom is 0.0693 e. The van der Waals surface area contributed by atoms with E-state index < -0.39 is 6.10 Å². The zero-order chi connectivity index (χ0) is 12.8. The molecule has 0 aliphatic carbocycles. The van der Waals surface area contributed by atoms with Gasteiger partial charge in [-0.3, -0.25) is 0 Å². The van der Waals surface area contributed by atoms with Crippen molar-refractivity contribution in [3.63, 3.8) is 0 Å². The first-order chi connectivity index (χ1) is 8.77. The van der Waals surface area contributed by atoms with Gasteiger partial charge in [-0.2, -0.15) is 0 Å². The molecule has 2 aromatic carbocycles. The number of aliphatic hydroxyl groups excluding tert-OH is 1. The van der Waals surface area contributed by atoms with Crippen LogP contribution in [0.1, 0.15) is 24.0 Å². The van der Waals surface area contributed by atoms with Gasteiger partial charge in [0.1, 0.15) is 0 Å². The number of benzene rings is 2. The Morgan fingerprint density at radius 2 is 1.22 bits per heavy atom. The molecule has 0 radical (unpaired) electrons. The first kappa shape index (κ1) is 12.6. The molecule has 92 valence electrons. The minimum Gasteiger partial charge on any atom is -0.389 e. The lowest BCUT2D eigenvalue weighted by Gasteiger charge is -2.14. The average Bonchev–Trinajstić information content (AvgIpc) is 2.41. The van der Waals surface area contributed by atoms with Crippen molar-refractivity contribution in [2.75, 3.05) is 0 Å². The van der Waals surface area contributed by atoms with Crippen LogP contribution in [0.15, 0.2) is 72.8 Å². The topological polar surface area (TPSA) is 20.2 Å².